The quantitative estimate of drug-likeness (QED) is 0.649. The van der Waals surface area contributed by atoms with E-state index in [0.29, 0.717) is 6.61 Å². The van der Waals surface area contributed by atoms with E-state index >= 15 is 0 Å². The SMILES string of the molecule is C=CCOc1ccc2c(CC=C)cccc2c1CC=C. The van der Waals surface area contributed by atoms with Crippen molar-refractivity contribution in [2.75, 3.05) is 6.61 Å². The summed E-state index contributed by atoms with van der Waals surface area (Å²) in [5.74, 6) is 0.910. The molecule has 0 aliphatic rings. The highest BCUT2D eigenvalue weighted by molar-refractivity contribution is 5.90. The van der Waals surface area contributed by atoms with Crippen LogP contribution in [-0.4, -0.2) is 6.61 Å². The summed E-state index contributed by atoms with van der Waals surface area (Å²) in [5.41, 5.74) is 2.48. The minimum Gasteiger partial charge on any atom is -0.489 e. The normalized spacial score (nSPS) is 10.2. The smallest absolute Gasteiger partial charge is 0.123 e. The fourth-order valence-corrected chi connectivity index (χ4v) is 2.44. The van der Waals surface area contributed by atoms with Crippen molar-refractivity contribution >= 4 is 10.8 Å². The van der Waals surface area contributed by atoms with Crippen molar-refractivity contribution in [1.29, 1.82) is 0 Å². The molecule has 20 heavy (non-hydrogen) atoms. The fourth-order valence-electron chi connectivity index (χ4n) is 2.44. The lowest BCUT2D eigenvalue weighted by atomic mass is 9.96. The zero-order chi connectivity index (χ0) is 14.4. The molecule has 2 aromatic carbocycles. The van der Waals surface area contributed by atoms with E-state index in [-0.39, 0.29) is 0 Å². The Bertz CT molecular complexity index is 638. The molecule has 0 N–H and O–H groups in total. The molecule has 1 heteroatoms. The Labute approximate surface area is 120 Å². The van der Waals surface area contributed by atoms with E-state index < -0.39 is 0 Å². The van der Waals surface area contributed by atoms with Gasteiger partial charge in [0.2, 0.25) is 0 Å². The van der Waals surface area contributed by atoms with Gasteiger partial charge in [-0.05, 0) is 35.2 Å². The summed E-state index contributed by atoms with van der Waals surface area (Å²) >= 11 is 0. The summed E-state index contributed by atoms with van der Waals surface area (Å²) < 4.78 is 5.76. The lowest BCUT2D eigenvalue weighted by molar-refractivity contribution is 0.360. The van der Waals surface area contributed by atoms with Gasteiger partial charge in [-0.2, -0.15) is 0 Å². The Hall–Kier alpha value is -2.28. The molecule has 0 aliphatic carbocycles. The Balaban J connectivity index is 2.61. The summed E-state index contributed by atoms with van der Waals surface area (Å²) in [5, 5.41) is 2.49. The average molecular weight is 264 g/mol. The Morgan fingerprint density at radius 3 is 2.35 bits per heavy atom. The standard InChI is InChI=1S/C19H20O/c1-4-8-15-10-7-11-17-16(15)12-13-19(20-14-6-3)18(17)9-5-2/h4-7,10-13H,1-3,8-9,14H2. The molecule has 0 saturated carbocycles. The molecular formula is C19H20O. The van der Waals surface area contributed by atoms with Gasteiger partial charge < -0.3 is 4.74 Å². The third-order valence-electron chi connectivity index (χ3n) is 3.29. The van der Waals surface area contributed by atoms with Crippen molar-refractivity contribution in [1.82, 2.24) is 0 Å². The predicted molar refractivity (Wildman–Crippen MR) is 87.4 cm³/mol. The number of fused-ring (bicyclic) bond motifs is 1. The third-order valence-corrected chi connectivity index (χ3v) is 3.29. The molecular weight excluding hydrogens is 244 g/mol. The highest BCUT2D eigenvalue weighted by Crippen LogP contribution is 2.31. The van der Waals surface area contributed by atoms with E-state index in [2.05, 4.69) is 44.0 Å². The first kappa shape index (κ1) is 14.1. The Morgan fingerprint density at radius 2 is 1.65 bits per heavy atom. The molecule has 0 aliphatic heterocycles. The summed E-state index contributed by atoms with van der Waals surface area (Å²) in [4.78, 5) is 0. The minimum absolute atomic E-state index is 0.516. The lowest BCUT2D eigenvalue weighted by Gasteiger charge is -2.14. The molecule has 0 amide bonds. The second-order valence-corrected chi connectivity index (χ2v) is 4.64. The first-order valence-corrected chi connectivity index (χ1v) is 6.80. The van der Waals surface area contributed by atoms with Gasteiger partial charge in [0.15, 0.2) is 0 Å². The molecule has 0 aromatic heterocycles. The van der Waals surface area contributed by atoms with E-state index in [1.807, 2.05) is 18.2 Å². The first-order valence-electron chi connectivity index (χ1n) is 6.80. The van der Waals surface area contributed by atoms with Crippen LogP contribution in [0.1, 0.15) is 11.1 Å². The van der Waals surface area contributed by atoms with E-state index in [0.717, 1.165) is 18.6 Å². The molecule has 0 bridgehead atoms. The summed E-state index contributed by atoms with van der Waals surface area (Å²) in [6, 6.07) is 10.5. The molecule has 0 heterocycles. The monoisotopic (exact) mass is 264 g/mol. The second kappa shape index (κ2) is 6.76. The number of allylic oxidation sites excluding steroid dienone is 2. The van der Waals surface area contributed by atoms with E-state index in [1.165, 1.54) is 21.9 Å². The van der Waals surface area contributed by atoms with Gasteiger partial charge >= 0.3 is 0 Å². The Kier molecular flexibility index (Phi) is 4.78. The zero-order valence-electron chi connectivity index (χ0n) is 11.8. The van der Waals surface area contributed by atoms with Gasteiger partial charge in [-0.3, -0.25) is 0 Å². The maximum Gasteiger partial charge on any atom is 0.123 e. The van der Waals surface area contributed by atoms with Crippen molar-refractivity contribution < 1.29 is 4.74 Å². The number of rotatable bonds is 7. The molecule has 0 unspecified atom stereocenters. The van der Waals surface area contributed by atoms with Gasteiger partial charge in [-0.15, -0.1) is 13.2 Å². The lowest BCUT2D eigenvalue weighted by Crippen LogP contribution is -1.98. The molecule has 0 saturated heterocycles. The van der Waals surface area contributed by atoms with Gasteiger partial charge in [0, 0.05) is 5.56 Å². The Morgan fingerprint density at radius 1 is 0.850 bits per heavy atom. The van der Waals surface area contributed by atoms with E-state index in [9.17, 15) is 0 Å². The maximum absolute atomic E-state index is 5.76. The van der Waals surface area contributed by atoms with Crippen LogP contribution in [0.5, 0.6) is 5.75 Å². The van der Waals surface area contributed by atoms with E-state index in [4.69, 9.17) is 4.74 Å². The van der Waals surface area contributed by atoms with Crippen molar-refractivity contribution in [2.45, 2.75) is 12.8 Å². The number of hydrogen-bond donors (Lipinski definition) is 0. The van der Waals surface area contributed by atoms with Gasteiger partial charge in [0.05, 0.1) is 0 Å². The first-order chi connectivity index (χ1) is 9.81. The number of ether oxygens (including phenoxy) is 1. The number of benzene rings is 2. The zero-order valence-corrected chi connectivity index (χ0v) is 11.8. The maximum atomic E-state index is 5.76. The van der Waals surface area contributed by atoms with Crippen LogP contribution in [0.4, 0.5) is 0 Å². The average Bonchev–Trinajstić information content (AvgIpc) is 2.47. The summed E-state index contributed by atoms with van der Waals surface area (Å²) in [7, 11) is 0. The van der Waals surface area contributed by atoms with Crippen LogP contribution in [0.25, 0.3) is 10.8 Å². The van der Waals surface area contributed by atoms with Crippen molar-refractivity contribution in [3.8, 4) is 5.75 Å². The topological polar surface area (TPSA) is 9.23 Å². The number of hydrogen-bond acceptors (Lipinski definition) is 1. The predicted octanol–water partition coefficient (Wildman–Crippen LogP) is 4.86. The van der Waals surface area contributed by atoms with Crippen LogP contribution in [-0.2, 0) is 12.8 Å². The molecule has 0 atom stereocenters. The van der Waals surface area contributed by atoms with Gasteiger partial charge in [0.1, 0.15) is 12.4 Å². The highest BCUT2D eigenvalue weighted by Gasteiger charge is 2.09. The van der Waals surface area contributed by atoms with E-state index in [1.54, 1.807) is 6.08 Å². The molecule has 0 radical (unpaired) electrons. The van der Waals surface area contributed by atoms with Crippen molar-refractivity contribution in [3.05, 3.63) is 79.4 Å². The summed E-state index contributed by atoms with van der Waals surface area (Å²) in [6.45, 7) is 11.9. The largest absolute Gasteiger partial charge is 0.489 e. The molecule has 1 nitrogen and oxygen atoms in total. The highest BCUT2D eigenvalue weighted by atomic mass is 16.5. The van der Waals surface area contributed by atoms with Gasteiger partial charge in [-0.25, -0.2) is 0 Å². The van der Waals surface area contributed by atoms with Gasteiger partial charge in [0.25, 0.3) is 0 Å². The van der Waals surface area contributed by atoms with Crippen LogP contribution in [0, 0.1) is 0 Å². The minimum atomic E-state index is 0.516. The van der Waals surface area contributed by atoms with Crippen LogP contribution in [0.15, 0.2) is 68.3 Å². The molecule has 2 aromatic rings. The second-order valence-electron chi connectivity index (χ2n) is 4.64. The molecule has 2 rings (SSSR count). The molecule has 0 fully saturated rings. The van der Waals surface area contributed by atoms with Crippen LogP contribution in [0.2, 0.25) is 0 Å². The van der Waals surface area contributed by atoms with Crippen LogP contribution < -0.4 is 4.74 Å². The molecule has 0 spiro atoms. The third kappa shape index (κ3) is 2.83. The van der Waals surface area contributed by atoms with Crippen LogP contribution in [0.3, 0.4) is 0 Å². The van der Waals surface area contributed by atoms with Crippen molar-refractivity contribution in [2.24, 2.45) is 0 Å². The van der Waals surface area contributed by atoms with Gasteiger partial charge in [-0.1, -0.05) is 49.1 Å². The molecule has 102 valence electrons. The summed E-state index contributed by atoms with van der Waals surface area (Å²) in [6.07, 6.45) is 7.27. The van der Waals surface area contributed by atoms with Crippen molar-refractivity contribution in [3.63, 3.8) is 0 Å². The van der Waals surface area contributed by atoms with Crippen LogP contribution >= 0.6 is 0 Å². The fraction of sp³-hybridized carbons (Fsp3) is 0.158.